The first-order chi connectivity index (χ1) is 1.50. The van der Waals surface area contributed by atoms with Gasteiger partial charge in [-0.25, -0.2) is 0 Å². The van der Waals surface area contributed by atoms with Crippen LogP contribution in [0.3, 0.4) is 0 Å². The van der Waals surface area contributed by atoms with Gasteiger partial charge in [-0.15, -0.1) is 0 Å². The van der Waals surface area contributed by atoms with Crippen LogP contribution in [0.15, 0.2) is 14.2 Å². The van der Waals surface area contributed by atoms with Gasteiger partial charge in [0.2, 0.25) is 0 Å². The average Bonchev–Trinajstić information content (AvgIpc) is 1.46. The maximum absolute atomic E-state index is 3.50. The second-order valence-corrected chi connectivity index (χ2v) is 0.204. The van der Waals surface area contributed by atoms with Crippen molar-refractivity contribution in [3.05, 3.63) is 0 Å². The average molecular weight is 113 g/mol. The van der Waals surface area contributed by atoms with Crippen LogP contribution in [0, 0.1) is 0 Å². The molecule has 0 radical (unpaired) electrons. The molecular weight excluding hydrogens is 113 g/mol. The molecular formula is O3Zn. The van der Waals surface area contributed by atoms with Gasteiger partial charge in [-0.1, -0.05) is 0 Å². The van der Waals surface area contributed by atoms with Crippen LogP contribution in [0.5, 0.6) is 0 Å². The molecule has 0 saturated carbocycles. The van der Waals surface area contributed by atoms with E-state index in [0.717, 1.165) is 0 Å². The van der Waals surface area contributed by atoms with Crippen LogP contribution < -0.4 is 0 Å². The topological polar surface area (TPSA) is 39.4 Å². The number of hydrogen-bond acceptors (Lipinski definition) is 3. The summed E-state index contributed by atoms with van der Waals surface area (Å²) in [6, 6.07) is 0. The Morgan fingerprint density at radius 2 is 1.00 bits per heavy atom. The summed E-state index contributed by atoms with van der Waals surface area (Å²) in [6.45, 7) is 0. The normalized spacial score (nSPS) is 6.00. The monoisotopic (exact) mass is 112 g/mol. The molecule has 0 aliphatic heterocycles. The predicted octanol–water partition coefficient (Wildman–Crippen LogP) is 0.463. The Hall–Kier alpha value is 0.0234. The van der Waals surface area contributed by atoms with Gasteiger partial charge < -0.3 is 0 Å². The third kappa shape index (κ3) is 2.02. The molecule has 0 atom stereocenters. The predicted molar refractivity (Wildman–Crippen MR) is 3.24 cm³/mol. The van der Waals surface area contributed by atoms with Crippen molar-refractivity contribution < 1.29 is 33.7 Å². The summed E-state index contributed by atoms with van der Waals surface area (Å²) in [7, 11) is 0. The molecule has 0 fully saturated rings. The van der Waals surface area contributed by atoms with E-state index >= 15 is 0 Å². The molecule has 0 N–H and O–H groups in total. The first-order valence-electron chi connectivity index (χ1n) is 0.500. The van der Waals surface area contributed by atoms with Crippen molar-refractivity contribution in [2.24, 2.45) is 0 Å². The van der Waals surface area contributed by atoms with Crippen LogP contribution in [-0.2, 0) is 19.5 Å². The van der Waals surface area contributed by atoms with E-state index in [1.54, 1.807) is 0 Å². The molecule has 4 heavy (non-hydrogen) atoms. The molecule has 1 aromatic heterocycles. The molecule has 0 amide bonds. The fraction of sp³-hybridized carbons (Fsp3) is 0. The van der Waals surface area contributed by atoms with Crippen LogP contribution in [-0.4, -0.2) is 0 Å². The van der Waals surface area contributed by atoms with Crippen LogP contribution in [0.25, 0.3) is 0 Å². The van der Waals surface area contributed by atoms with Crippen molar-refractivity contribution in [3.63, 3.8) is 0 Å². The Labute approximate surface area is 34.5 Å². The van der Waals surface area contributed by atoms with Crippen molar-refractivity contribution in [3.8, 4) is 0 Å². The molecule has 0 aromatic carbocycles. The summed E-state index contributed by atoms with van der Waals surface area (Å²) in [6.07, 6.45) is 0. The SMILES string of the molecule is [Zn].o1oo1. The zero-order chi connectivity index (χ0) is 2.12. The van der Waals surface area contributed by atoms with Gasteiger partial charge >= 0.3 is 0 Å². The Bertz CT molecular complexity index is 31.4. The zero-order valence-corrected chi connectivity index (χ0v) is 4.90. The molecule has 0 spiro atoms. The summed E-state index contributed by atoms with van der Waals surface area (Å²) in [5.41, 5.74) is 0. The zero-order valence-electron chi connectivity index (χ0n) is 1.93. The van der Waals surface area contributed by atoms with Crippen LogP contribution in [0.2, 0.25) is 0 Å². The molecule has 20 valence electrons. The van der Waals surface area contributed by atoms with Crippen LogP contribution >= 0.6 is 0 Å². The van der Waals surface area contributed by atoms with E-state index in [0.29, 0.717) is 0 Å². The quantitative estimate of drug-likeness (QED) is 0.362. The number of hydrogen-bond donors (Lipinski definition) is 0. The van der Waals surface area contributed by atoms with Crippen molar-refractivity contribution in [1.82, 2.24) is 0 Å². The van der Waals surface area contributed by atoms with E-state index in [1.807, 2.05) is 0 Å². The molecule has 0 aliphatic rings. The molecule has 0 saturated heterocycles. The standard InChI is InChI=1S/O3.Zn/c1-2-3-1;. The van der Waals surface area contributed by atoms with E-state index < -0.39 is 0 Å². The Kier molecular flexibility index (Phi) is 1.36. The molecule has 1 aromatic rings. The largest absolute Gasteiger partial charge is 0 e. The molecule has 1 rings (SSSR count). The second kappa shape index (κ2) is 1.35. The summed E-state index contributed by atoms with van der Waals surface area (Å²) in [4.78, 5) is 0. The Balaban J connectivity index is 0.0000000900. The van der Waals surface area contributed by atoms with Gasteiger partial charge in [-0.2, -0.15) is 0 Å². The van der Waals surface area contributed by atoms with E-state index in [-0.39, 0.29) is 19.5 Å². The Morgan fingerprint density at radius 3 is 1.00 bits per heavy atom. The molecule has 0 bridgehead atoms. The summed E-state index contributed by atoms with van der Waals surface area (Å²) in [5, 5.41) is 0. The summed E-state index contributed by atoms with van der Waals surface area (Å²) < 4.78 is 10.5. The molecule has 0 aliphatic carbocycles. The molecule has 0 unspecified atom stereocenters. The fourth-order valence-electron chi connectivity index (χ4n) is 0. The fourth-order valence-corrected chi connectivity index (χ4v) is 0. The van der Waals surface area contributed by atoms with Crippen molar-refractivity contribution in [2.75, 3.05) is 0 Å². The minimum Gasteiger partial charge on any atom is 0 e. The minimum atomic E-state index is 0. The van der Waals surface area contributed by atoms with Crippen LogP contribution in [0.4, 0.5) is 0 Å². The first kappa shape index (κ1) is 4.02. The molecule has 4 heteroatoms. The Morgan fingerprint density at radius 1 is 0.750 bits per heavy atom. The smallest absolute Gasteiger partial charge is 0 e. The van der Waals surface area contributed by atoms with Crippen LogP contribution in [0.1, 0.15) is 0 Å². The van der Waals surface area contributed by atoms with E-state index in [4.69, 9.17) is 0 Å². The van der Waals surface area contributed by atoms with Gasteiger partial charge in [0.05, 0.1) is 0 Å². The molecule has 3 nitrogen and oxygen atoms in total. The van der Waals surface area contributed by atoms with E-state index in [1.165, 1.54) is 0 Å². The second-order valence-electron chi connectivity index (χ2n) is 0.204. The van der Waals surface area contributed by atoms with Gasteiger partial charge in [0.25, 0.3) is 0 Å². The van der Waals surface area contributed by atoms with Gasteiger partial charge in [-0.3, -0.25) is 0 Å². The van der Waals surface area contributed by atoms with E-state index in [9.17, 15) is 0 Å². The van der Waals surface area contributed by atoms with Gasteiger partial charge in [0, 0.05) is 33.7 Å². The third-order valence-electron chi connectivity index (χ3n) is 0.0680. The summed E-state index contributed by atoms with van der Waals surface area (Å²) in [5.74, 6) is 0. The van der Waals surface area contributed by atoms with E-state index in [2.05, 4.69) is 14.2 Å². The maximum Gasteiger partial charge on any atom is 0 e. The van der Waals surface area contributed by atoms with Gasteiger partial charge in [-0.05, 0) is 0 Å². The van der Waals surface area contributed by atoms with Crippen molar-refractivity contribution in [1.29, 1.82) is 0 Å². The van der Waals surface area contributed by atoms with Crippen molar-refractivity contribution in [2.45, 2.75) is 0 Å². The molecule has 1 heterocycles. The third-order valence-corrected chi connectivity index (χ3v) is 0.0680. The maximum atomic E-state index is 3.50. The number of rotatable bonds is 0. The van der Waals surface area contributed by atoms with Gasteiger partial charge in [0.15, 0.2) is 0 Å². The van der Waals surface area contributed by atoms with Gasteiger partial charge in [0.1, 0.15) is 0 Å². The van der Waals surface area contributed by atoms with Crippen molar-refractivity contribution >= 4 is 0 Å². The first-order valence-corrected chi connectivity index (χ1v) is 0.500. The summed E-state index contributed by atoms with van der Waals surface area (Å²) >= 11 is 0. The minimum absolute atomic E-state index is 0.